The van der Waals surface area contributed by atoms with Crippen LogP contribution in [-0.4, -0.2) is 87.1 Å². The quantitative estimate of drug-likeness (QED) is 0.700. The molecule has 11 nitrogen and oxygen atoms in total. The van der Waals surface area contributed by atoms with Crippen LogP contribution in [0.25, 0.3) is 0 Å². The van der Waals surface area contributed by atoms with Crippen LogP contribution in [-0.2, 0) is 20.7 Å². The van der Waals surface area contributed by atoms with Crippen LogP contribution in [0.4, 0.5) is 19.1 Å². The number of carboxylic acid groups (broad SMARTS) is 1. The molecule has 4 heterocycles. The first kappa shape index (κ1) is 23.4. The fourth-order valence-electron chi connectivity index (χ4n) is 3.39. The minimum absolute atomic E-state index is 0.0113. The zero-order valence-electron chi connectivity index (χ0n) is 17.0. The molecule has 4 rings (SSSR count). The van der Waals surface area contributed by atoms with Gasteiger partial charge in [0, 0.05) is 44.5 Å². The van der Waals surface area contributed by atoms with E-state index in [1.54, 1.807) is 25.4 Å². The number of hydrogen-bond acceptors (Lipinski definition) is 9. The third-order valence-corrected chi connectivity index (χ3v) is 4.83. The van der Waals surface area contributed by atoms with Crippen LogP contribution >= 0.6 is 0 Å². The number of fused-ring (bicyclic) bond motifs is 1. The molecule has 2 aliphatic rings. The van der Waals surface area contributed by atoms with E-state index >= 15 is 0 Å². The van der Waals surface area contributed by atoms with Crippen LogP contribution in [0.15, 0.2) is 23.0 Å². The fourth-order valence-corrected chi connectivity index (χ4v) is 3.39. The molecule has 0 aliphatic carbocycles. The number of carbonyl (C=O) groups excluding carboxylic acids is 1. The van der Waals surface area contributed by atoms with E-state index in [9.17, 15) is 18.0 Å². The monoisotopic (exact) mass is 458 g/mol. The molecule has 0 aromatic carbocycles. The number of ether oxygens (including phenoxy) is 1. The smallest absolute Gasteiger partial charge is 0.475 e. The summed E-state index contributed by atoms with van der Waals surface area (Å²) >= 11 is 0. The molecule has 1 N–H and O–H groups in total. The second-order valence-electron chi connectivity index (χ2n) is 7.18. The van der Waals surface area contributed by atoms with Gasteiger partial charge in [-0.3, -0.25) is 4.79 Å². The molecule has 0 saturated carbocycles. The van der Waals surface area contributed by atoms with Gasteiger partial charge < -0.3 is 24.2 Å². The Morgan fingerprint density at radius 3 is 2.50 bits per heavy atom. The summed E-state index contributed by atoms with van der Waals surface area (Å²) in [7, 11) is 0. The summed E-state index contributed by atoms with van der Waals surface area (Å²) in [6, 6.07) is 1.80. The third-order valence-electron chi connectivity index (χ3n) is 4.83. The van der Waals surface area contributed by atoms with Crippen molar-refractivity contribution >= 4 is 17.8 Å². The van der Waals surface area contributed by atoms with E-state index in [1.807, 2.05) is 4.90 Å². The maximum atomic E-state index is 12.5. The lowest BCUT2D eigenvalue weighted by Crippen LogP contribution is -2.35. The van der Waals surface area contributed by atoms with Crippen LogP contribution in [0.5, 0.6) is 0 Å². The van der Waals surface area contributed by atoms with E-state index in [-0.39, 0.29) is 24.3 Å². The van der Waals surface area contributed by atoms with Gasteiger partial charge in [-0.1, -0.05) is 5.16 Å². The summed E-state index contributed by atoms with van der Waals surface area (Å²) in [5.74, 6) is -0.932. The number of aromatic nitrogens is 4. The van der Waals surface area contributed by atoms with E-state index in [2.05, 4.69) is 25.0 Å². The van der Waals surface area contributed by atoms with Gasteiger partial charge in [0.2, 0.25) is 17.7 Å². The van der Waals surface area contributed by atoms with Crippen molar-refractivity contribution in [2.75, 3.05) is 37.7 Å². The molecule has 0 unspecified atom stereocenters. The lowest BCUT2D eigenvalue weighted by Gasteiger charge is -2.23. The van der Waals surface area contributed by atoms with E-state index in [0.717, 1.165) is 13.1 Å². The molecule has 1 amide bonds. The Kier molecular flexibility index (Phi) is 7.22. The number of nitrogens with zero attached hydrogens (tertiary/aromatic N) is 6. The number of hydrogen-bond donors (Lipinski definition) is 1. The molecule has 2 aromatic rings. The number of aryl methyl sites for hydroxylation is 1. The first-order valence-corrected chi connectivity index (χ1v) is 9.64. The number of carboxylic acids is 1. The molecule has 2 fully saturated rings. The summed E-state index contributed by atoms with van der Waals surface area (Å²) in [6.07, 6.45) is -1.43. The number of likely N-dealkylation sites (tertiary alicyclic amines) is 1. The molecule has 2 aromatic heterocycles. The van der Waals surface area contributed by atoms with Gasteiger partial charge in [-0.15, -0.1) is 0 Å². The molecular weight excluding hydrogens is 437 g/mol. The van der Waals surface area contributed by atoms with Crippen molar-refractivity contribution in [3.05, 3.63) is 30.2 Å². The van der Waals surface area contributed by atoms with E-state index in [1.165, 1.54) is 0 Å². The lowest BCUT2D eigenvalue weighted by atomic mass is 10.1. The zero-order chi connectivity index (χ0) is 23.3. The molecule has 2 atom stereocenters. The molecule has 2 saturated heterocycles. The summed E-state index contributed by atoms with van der Waals surface area (Å²) in [5.41, 5.74) is 0. The normalized spacial score (nSPS) is 20.8. The molecular formula is C18H21F3N6O5. The first-order valence-electron chi connectivity index (χ1n) is 9.64. The SMILES string of the molecule is Cc1noc(CC(=O)N2C[C@@H]3CN(c4ncccn4)CCO[C@@H]3C2)n1.O=C(O)C(F)(F)F. The topological polar surface area (TPSA) is 135 Å². The van der Waals surface area contributed by atoms with E-state index < -0.39 is 12.1 Å². The highest BCUT2D eigenvalue weighted by molar-refractivity contribution is 5.78. The van der Waals surface area contributed by atoms with Crippen LogP contribution < -0.4 is 4.90 Å². The number of carbonyl (C=O) groups is 2. The Morgan fingerprint density at radius 2 is 1.91 bits per heavy atom. The molecule has 174 valence electrons. The Morgan fingerprint density at radius 1 is 1.22 bits per heavy atom. The summed E-state index contributed by atoms with van der Waals surface area (Å²) in [4.78, 5) is 38.1. The molecule has 0 radical (unpaired) electrons. The highest BCUT2D eigenvalue weighted by Crippen LogP contribution is 2.25. The first-order chi connectivity index (χ1) is 15.1. The number of aliphatic carboxylic acids is 1. The maximum absolute atomic E-state index is 12.5. The number of anilines is 1. The average Bonchev–Trinajstić information content (AvgIpc) is 3.28. The van der Waals surface area contributed by atoms with Crippen molar-refractivity contribution in [3.63, 3.8) is 0 Å². The van der Waals surface area contributed by atoms with Gasteiger partial charge in [-0.25, -0.2) is 14.8 Å². The van der Waals surface area contributed by atoms with Crippen molar-refractivity contribution in [1.82, 2.24) is 25.0 Å². The van der Waals surface area contributed by atoms with Gasteiger partial charge in [-0.2, -0.15) is 18.2 Å². The Balaban J connectivity index is 0.000000360. The number of amides is 1. The van der Waals surface area contributed by atoms with Crippen molar-refractivity contribution in [3.8, 4) is 0 Å². The highest BCUT2D eigenvalue weighted by Gasteiger charge is 2.39. The minimum atomic E-state index is -5.08. The van der Waals surface area contributed by atoms with Crippen LogP contribution in [0, 0.1) is 12.8 Å². The fraction of sp³-hybridized carbons (Fsp3) is 0.556. The highest BCUT2D eigenvalue weighted by atomic mass is 19.4. The van der Waals surface area contributed by atoms with Crippen molar-refractivity contribution in [1.29, 1.82) is 0 Å². The average molecular weight is 458 g/mol. The second kappa shape index (κ2) is 9.89. The molecule has 2 aliphatic heterocycles. The van der Waals surface area contributed by atoms with Crippen LogP contribution in [0.3, 0.4) is 0 Å². The predicted octanol–water partition coefficient (Wildman–Crippen LogP) is 0.708. The predicted molar refractivity (Wildman–Crippen MR) is 100 cm³/mol. The number of rotatable bonds is 3. The van der Waals surface area contributed by atoms with Gasteiger partial charge in [0.25, 0.3) is 0 Å². The van der Waals surface area contributed by atoms with E-state index in [4.69, 9.17) is 19.2 Å². The van der Waals surface area contributed by atoms with Gasteiger partial charge in [0.1, 0.15) is 6.42 Å². The summed E-state index contributed by atoms with van der Waals surface area (Å²) in [6.45, 7) is 5.12. The van der Waals surface area contributed by atoms with Crippen molar-refractivity contribution in [2.45, 2.75) is 25.6 Å². The second-order valence-corrected chi connectivity index (χ2v) is 7.18. The van der Waals surface area contributed by atoms with Gasteiger partial charge in [-0.05, 0) is 13.0 Å². The zero-order valence-corrected chi connectivity index (χ0v) is 17.0. The Labute approximate surface area is 180 Å². The molecule has 0 bridgehead atoms. The van der Waals surface area contributed by atoms with Gasteiger partial charge in [0.05, 0.1) is 12.7 Å². The minimum Gasteiger partial charge on any atom is -0.475 e. The summed E-state index contributed by atoms with van der Waals surface area (Å²) in [5, 5.41) is 10.8. The van der Waals surface area contributed by atoms with E-state index in [0.29, 0.717) is 37.4 Å². The third kappa shape index (κ3) is 6.12. The summed E-state index contributed by atoms with van der Waals surface area (Å²) < 4.78 is 42.8. The molecule has 32 heavy (non-hydrogen) atoms. The Hall–Kier alpha value is -3.29. The largest absolute Gasteiger partial charge is 0.490 e. The molecule has 14 heteroatoms. The Bertz CT molecular complexity index is 925. The maximum Gasteiger partial charge on any atom is 0.490 e. The lowest BCUT2D eigenvalue weighted by molar-refractivity contribution is -0.192. The van der Waals surface area contributed by atoms with Crippen LogP contribution in [0.1, 0.15) is 11.7 Å². The van der Waals surface area contributed by atoms with Crippen LogP contribution in [0.2, 0.25) is 0 Å². The standard InChI is InChI=1S/C16H20N6O3.C2HF3O2/c1-11-19-14(25-20-11)7-15(23)22-9-12-8-21(5-6-24-13(12)10-22)16-17-3-2-4-18-16;3-2(4,5)1(6)7/h2-4,12-13H,5-10H2,1H3;(H,6,7)/t12-,13+;/m0./s1. The van der Waals surface area contributed by atoms with Crippen molar-refractivity contribution in [2.24, 2.45) is 5.92 Å². The van der Waals surface area contributed by atoms with Crippen molar-refractivity contribution < 1.29 is 37.1 Å². The van der Waals surface area contributed by atoms with Gasteiger partial charge >= 0.3 is 12.1 Å². The number of halogens is 3. The molecule has 0 spiro atoms. The van der Waals surface area contributed by atoms with Gasteiger partial charge in [0.15, 0.2) is 5.82 Å². The number of alkyl halides is 3.